The molecule has 1 aliphatic heterocycles. The molecule has 0 unspecified atom stereocenters. The maximum Gasteiger partial charge on any atom is 0.107 e. The van der Waals surface area contributed by atoms with E-state index in [9.17, 15) is 0 Å². The molecule has 1 fully saturated rings. The third kappa shape index (κ3) is 2.84. The van der Waals surface area contributed by atoms with E-state index in [2.05, 4.69) is 40.7 Å². The van der Waals surface area contributed by atoms with E-state index in [4.69, 9.17) is 22.7 Å². The summed E-state index contributed by atoms with van der Waals surface area (Å²) in [6.45, 7) is 5.88. The smallest absolute Gasteiger partial charge is 0.107 e. The number of nitrogens with two attached hydrogens (primary N) is 1. The lowest BCUT2D eigenvalue weighted by molar-refractivity contribution is -0.00522. The van der Waals surface area contributed by atoms with E-state index in [1.54, 1.807) is 0 Å². The van der Waals surface area contributed by atoms with Crippen molar-refractivity contribution >= 4 is 38.8 Å². The van der Waals surface area contributed by atoms with E-state index < -0.39 is 0 Å². The van der Waals surface area contributed by atoms with Crippen molar-refractivity contribution in [3.63, 3.8) is 0 Å². The summed E-state index contributed by atoms with van der Waals surface area (Å²) in [7, 11) is 0. The highest BCUT2D eigenvalue weighted by atomic mass is 79.9. The van der Waals surface area contributed by atoms with Gasteiger partial charge in [-0.1, -0.05) is 18.3 Å². The quantitative estimate of drug-likeness (QED) is 0.847. The average Bonchev–Trinajstić information content (AvgIpc) is 2.26. The minimum atomic E-state index is 0.215. The fourth-order valence-electron chi connectivity index (χ4n) is 2.39. The van der Waals surface area contributed by atoms with Crippen LogP contribution in [0.3, 0.4) is 0 Å². The zero-order valence-corrected chi connectivity index (χ0v) is 12.9. The van der Waals surface area contributed by atoms with Crippen LogP contribution in [0.25, 0.3) is 0 Å². The summed E-state index contributed by atoms with van der Waals surface area (Å²) in [4.78, 5) is 2.71. The molecule has 1 heterocycles. The highest BCUT2D eigenvalue weighted by molar-refractivity contribution is 9.10. The topological polar surface area (TPSA) is 38.5 Å². The second-order valence-corrected chi connectivity index (χ2v) is 5.95. The van der Waals surface area contributed by atoms with E-state index in [0.717, 1.165) is 28.8 Å². The molecule has 0 bridgehead atoms. The largest absolute Gasteiger partial charge is 0.389 e. The monoisotopic (exact) mass is 328 g/mol. The average molecular weight is 329 g/mol. The number of rotatable bonds is 2. The maximum absolute atomic E-state index is 5.83. The predicted molar refractivity (Wildman–Crippen MR) is 82.3 cm³/mol. The van der Waals surface area contributed by atoms with Crippen molar-refractivity contribution in [3.05, 3.63) is 28.2 Å². The number of ether oxygens (including phenoxy) is 1. The lowest BCUT2D eigenvalue weighted by atomic mass is 10.1. The van der Waals surface area contributed by atoms with Gasteiger partial charge in [-0.15, -0.1) is 0 Å². The predicted octanol–water partition coefficient (Wildman–Crippen LogP) is 2.70. The third-order valence-corrected chi connectivity index (χ3v) is 3.86. The molecular weight excluding hydrogens is 312 g/mol. The molecule has 3 nitrogen and oxygen atoms in total. The first kappa shape index (κ1) is 13.8. The molecule has 2 atom stereocenters. The second kappa shape index (κ2) is 5.55. The first-order valence-corrected chi connectivity index (χ1v) is 7.18. The van der Waals surface area contributed by atoms with Crippen LogP contribution in [0.4, 0.5) is 5.69 Å². The van der Waals surface area contributed by atoms with Crippen LogP contribution in [0.15, 0.2) is 22.7 Å². The number of halogens is 1. The Morgan fingerprint density at radius 1 is 1.39 bits per heavy atom. The van der Waals surface area contributed by atoms with Crippen LogP contribution in [0.1, 0.15) is 19.4 Å². The summed E-state index contributed by atoms with van der Waals surface area (Å²) in [5.74, 6) is 0. The second-order valence-electron chi connectivity index (χ2n) is 4.66. The van der Waals surface area contributed by atoms with Crippen LogP contribution in [-0.2, 0) is 4.74 Å². The Balaban J connectivity index is 2.38. The Hall–Kier alpha value is -0.650. The SMILES string of the molecule is C[C@@H]1CN(c2cccc(Br)c2C(N)=S)C[C@H](C)O1. The molecule has 0 radical (unpaired) electrons. The van der Waals surface area contributed by atoms with Gasteiger partial charge in [0.25, 0.3) is 0 Å². The van der Waals surface area contributed by atoms with Gasteiger partial charge in [0.2, 0.25) is 0 Å². The van der Waals surface area contributed by atoms with Crippen molar-refractivity contribution in [1.82, 2.24) is 0 Å². The van der Waals surface area contributed by atoms with Crippen molar-refractivity contribution in [2.75, 3.05) is 18.0 Å². The van der Waals surface area contributed by atoms with Gasteiger partial charge >= 0.3 is 0 Å². The molecule has 1 aromatic carbocycles. The molecule has 1 aliphatic rings. The van der Waals surface area contributed by atoms with Gasteiger partial charge in [-0.2, -0.15) is 0 Å². The number of thiocarbonyl (C=S) groups is 1. The van der Waals surface area contributed by atoms with Crippen molar-refractivity contribution in [1.29, 1.82) is 0 Å². The summed E-state index contributed by atoms with van der Waals surface area (Å²) in [5, 5.41) is 0. The molecule has 5 heteroatoms. The molecule has 2 rings (SSSR count). The van der Waals surface area contributed by atoms with Crippen molar-refractivity contribution < 1.29 is 4.74 Å². The summed E-state index contributed by atoms with van der Waals surface area (Å²) in [5.41, 5.74) is 7.83. The van der Waals surface area contributed by atoms with E-state index in [-0.39, 0.29) is 12.2 Å². The normalized spacial score (nSPS) is 24.1. The van der Waals surface area contributed by atoms with Gasteiger partial charge < -0.3 is 15.4 Å². The highest BCUT2D eigenvalue weighted by Gasteiger charge is 2.25. The summed E-state index contributed by atoms with van der Waals surface area (Å²) in [6.07, 6.45) is 0.429. The van der Waals surface area contributed by atoms with Gasteiger partial charge in [0.1, 0.15) is 4.99 Å². The molecule has 0 saturated carbocycles. The van der Waals surface area contributed by atoms with E-state index in [0.29, 0.717) is 4.99 Å². The van der Waals surface area contributed by atoms with Crippen LogP contribution in [0, 0.1) is 0 Å². The molecule has 98 valence electrons. The fraction of sp³-hybridized carbons (Fsp3) is 0.462. The molecule has 0 aromatic heterocycles. The van der Waals surface area contributed by atoms with E-state index in [1.165, 1.54) is 0 Å². The number of hydrogen-bond donors (Lipinski definition) is 1. The van der Waals surface area contributed by atoms with Crippen molar-refractivity contribution in [2.24, 2.45) is 5.73 Å². The molecule has 2 N–H and O–H groups in total. The fourth-order valence-corrected chi connectivity index (χ4v) is 3.31. The van der Waals surface area contributed by atoms with Gasteiger partial charge in [0.05, 0.1) is 12.2 Å². The lowest BCUT2D eigenvalue weighted by Gasteiger charge is -2.37. The zero-order valence-electron chi connectivity index (χ0n) is 10.5. The van der Waals surface area contributed by atoms with Crippen LogP contribution < -0.4 is 10.6 Å². The Morgan fingerprint density at radius 3 is 2.56 bits per heavy atom. The molecule has 1 saturated heterocycles. The Labute approximate surface area is 121 Å². The first-order valence-electron chi connectivity index (χ1n) is 5.97. The molecule has 0 aliphatic carbocycles. The lowest BCUT2D eigenvalue weighted by Crippen LogP contribution is -2.46. The first-order chi connectivity index (χ1) is 8.49. The van der Waals surface area contributed by atoms with E-state index in [1.807, 2.05) is 12.1 Å². The minimum absolute atomic E-state index is 0.215. The van der Waals surface area contributed by atoms with Crippen LogP contribution >= 0.6 is 28.1 Å². The van der Waals surface area contributed by atoms with Crippen LogP contribution in [-0.4, -0.2) is 30.3 Å². The standard InChI is InChI=1S/C13H17BrN2OS/c1-8-6-16(7-9(2)17-8)11-5-3-4-10(14)12(11)13(15)18/h3-5,8-9H,6-7H2,1-2H3,(H2,15,18)/t8-,9+. The van der Waals surface area contributed by atoms with Gasteiger partial charge in [0, 0.05) is 28.8 Å². The molecule has 0 amide bonds. The minimum Gasteiger partial charge on any atom is -0.389 e. The third-order valence-electron chi connectivity index (χ3n) is 3.00. The summed E-state index contributed by atoms with van der Waals surface area (Å²) < 4.78 is 6.69. The Morgan fingerprint density at radius 2 is 2.00 bits per heavy atom. The van der Waals surface area contributed by atoms with Crippen LogP contribution in [0.2, 0.25) is 0 Å². The number of morpholine rings is 1. The van der Waals surface area contributed by atoms with Gasteiger partial charge in [-0.05, 0) is 41.9 Å². The van der Waals surface area contributed by atoms with Gasteiger partial charge in [-0.3, -0.25) is 0 Å². The number of hydrogen-bond acceptors (Lipinski definition) is 3. The molecule has 18 heavy (non-hydrogen) atoms. The Kier molecular flexibility index (Phi) is 4.25. The number of nitrogens with zero attached hydrogens (tertiary/aromatic N) is 1. The molecular formula is C13H17BrN2OS. The zero-order chi connectivity index (χ0) is 13.3. The van der Waals surface area contributed by atoms with Gasteiger partial charge in [0.15, 0.2) is 0 Å². The molecule has 1 aromatic rings. The van der Waals surface area contributed by atoms with Crippen LogP contribution in [0.5, 0.6) is 0 Å². The summed E-state index contributed by atoms with van der Waals surface area (Å²) >= 11 is 8.67. The maximum atomic E-state index is 5.83. The van der Waals surface area contributed by atoms with Gasteiger partial charge in [-0.25, -0.2) is 0 Å². The summed E-state index contributed by atoms with van der Waals surface area (Å²) in [6, 6.07) is 6.03. The van der Waals surface area contributed by atoms with Crippen molar-refractivity contribution in [2.45, 2.75) is 26.1 Å². The Bertz CT molecular complexity index is 456. The van der Waals surface area contributed by atoms with E-state index >= 15 is 0 Å². The number of benzene rings is 1. The number of anilines is 1. The van der Waals surface area contributed by atoms with Crippen molar-refractivity contribution in [3.8, 4) is 0 Å². The molecule has 0 spiro atoms. The highest BCUT2D eigenvalue weighted by Crippen LogP contribution is 2.29.